The number of hydrogen-bond acceptors (Lipinski definition) is 7. The molecule has 1 aliphatic heterocycles. The molecule has 1 aromatic carbocycles. The summed E-state index contributed by atoms with van der Waals surface area (Å²) < 4.78 is 26.3. The highest BCUT2D eigenvalue weighted by Gasteiger charge is 2.37. The van der Waals surface area contributed by atoms with Gasteiger partial charge >= 0.3 is 5.97 Å². The van der Waals surface area contributed by atoms with Crippen LogP contribution in [0.1, 0.15) is 66.6 Å². The zero-order chi connectivity index (χ0) is 24.3. The quantitative estimate of drug-likeness (QED) is 0.564. The number of pyridine rings is 1. The molecule has 2 heterocycles. The maximum absolute atomic E-state index is 15.2. The van der Waals surface area contributed by atoms with Crippen molar-refractivity contribution in [3.05, 3.63) is 52.1 Å². The van der Waals surface area contributed by atoms with E-state index in [0.29, 0.717) is 30.0 Å². The Morgan fingerprint density at radius 1 is 1.21 bits per heavy atom. The minimum atomic E-state index is -0.450. The molecule has 0 spiro atoms. The molecular weight excluding hydrogens is 439 g/mol. The van der Waals surface area contributed by atoms with E-state index in [2.05, 4.69) is 9.99 Å². The van der Waals surface area contributed by atoms with Crippen molar-refractivity contribution in [3.8, 4) is 11.5 Å². The standard InChI is InChI=1S/C26H31FN2O5/c1-16-11-22(33-14-19-13-23(31)34-29-19)24(27)17(2)20(16)12-18-7-8-21(30)25(28-18)26(15-32-3)9-5-4-6-10-26/h7-8,11,30H,4-6,9-10,12-15H2,1-3H3. The first-order chi connectivity index (χ1) is 16.3. The Kier molecular flexibility index (Phi) is 7.16. The number of benzene rings is 1. The lowest BCUT2D eigenvalue weighted by Gasteiger charge is -2.36. The molecule has 2 aromatic rings. The molecule has 0 bridgehead atoms. The molecule has 1 N–H and O–H groups in total. The van der Waals surface area contributed by atoms with Crippen molar-refractivity contribution >= 4 is 11.7 Å². The number of hydrogen-bond donors (Lipinski definition) is 1. The lowest BCUT2D eigenvalue weighted by atomic mass is 9.71. The van der Waals surface area contributed by atoms with Crippen molar-refractivity contribution in [3.63, 3.8) is 0 Å². The van der Waals surface area contributed by atoms with Crippen molar-refractivity contribution in [1.29, 1.82) is 0 Å². The Bertz CT molecular complexity index is 1100. The van der Waals surface area contributed by atoms with Crippen molar-refractivity contribution in [2.24, 2.45) is 5.16 Å². The first kappa shape index (κ1) is 24.1. The highest BCUT2D eigenvalue weighted by molar-refractivity contribution is 6.02. The molecule has 0 saturated heterocycles. The van der Waals surface area contributed by atoms with E-state index in [-0.39, 0.29) is 29.9 Å². The Balaban J connectivity index is 1.58. The normalized spacial score (nSPS) is 17.4. The van der Waals surface area contributed by atoms with Crippen molar-refractivity contribution in [1.82, 2.24) is 4.98 Å². The summed E-state index contributed by atoms with van der Waals surface area (Å²) in [5.41, 5.74) is 3.76. The molecule has 182 valence electrons. The van der Waals surface area contributed by atoms with Crippen LogP contribution in [0.3, 0.4) is 0 Å². The third-order valence-corrected chi connectivity index (χ3v) is 6.86. The molecule has 8 heteroatoms. The van der Waals surface area contributed by atoms with Gasteiger partial charge in [-0.1, -0.05) is 24.4 Å². The molecular formula is C26H31FN2O5. The highest BCUT2D eigenvalue weighted by Crippen LogP contribution is 2.42. The van der Waals surface area contributed by atoms with Gasteiger partial charge in [-0.25, -0.2) is 9.18 Å². The predicted molar refractivity (Wildman–Crippen MR) is 125 cm³/mol. The Hall–Kier alpha value is -3.00. The van der Waals surface area contributed by atoms with Gasteiger partial charge < -0.3 is 19.4 Å². The number of methoxy groups -OCH3 is 1. The van der Waals surface area contributed by atoms with Gasteiger partial charge in [-0.05, 0) is 61.6 Å². The molecule has 4 rings (SSSR count). The van der Waals surface area contributed by atoms with Gasteiger partial charge in [0, 0.05) is 24.6 Å². The summed E-state index contributed by atoms with van der Waals surface area (Å²) in [6.45, 7) is 4.13. The van der Waals surface area contributed by atoms with Crippen LogP contribution in [0.2, 0.25) is 0 Å². The number of aromatic nitrogens is 1. The van der Waals surface area contributed by atoms with E-state index >= 15 is 4.39 Å². The van der Waals surface area contributed by atoms with Gasteiger partial charge in [-0.2, -0.15) is 0 Å². The van der Waals surface area contributed by atoms with E-state index < -0.39 is 11.8 Å². The number of carbonyl (C=O) groups is 1. The van der Waals surface area contributed by atoms with Gasteiger partial charge in [0.1, 0.15) is 18.1 Å². The third kappa shape index (κ3) is 4.92. The molecule has 1 aromatic heterocycles. The maximum Gasteiger partial charge on any atom is 0.340 e. The molecule has 0 amide bonds. The molecule has 0 unspecified atom stereocenters. The summed E-state index contributed by atoms with van der Waals surface area (Å²) >= 11 is 0. The van der Waals surface area contributed by atoms with Crippen LogP contribution in [0.15, 0.2) is 23.4 Å². The number of nitrogens with zero attached hydrogens (tertiary/aromatic N) is 2. The average Bonchev–Trinajstić information content (AvgIpc) is 3.25. The summed E-state index contributed by atoms with van der Waals surface area (Å²) in [6, 6.07) is 5.14. The van der Waals surface area contributed by atoms with Crippen LogP contribution in [0.5, 0.6) is 11.5 Å². The number of aryl methyl sites for hydroxylation is 1. The molecule has 0 atom stereocenters. The van der Waals surface area contributed by atoms with Gasteiger partial charge in [0.05, 0.1) is 18.7 Å². The molecule has 1 aliphatic carbocycles. The minimum Gasteiger partial charge on any atom is -0.506 e. The van der Waals surface area contributed by atoms with Gasteiger partial charge in [0.25, 0.3) is 0 Å². The minimum absolute atomic E-state index is 0.00858. The fourth-order valence-corrected chi connectivity index (χ4v) is 5.04. The lowest BCUT2D eigenvalue weighted by Crippen LogP contribution is -2.35. The van der Waals surface area contributed by atoms with E-state index in [1.807, 2.05) is 6.92 Å². The predicted octanol–water partition coefficient (Wildman–Crippen LogP) is 4.66. The molecule has 1 saturated carbocycles. The highest BCUT2D eigenvalue weighted by atomic mass is 19.1. The summed E-state index contributed by atoms with van der Waals surface area (Å²) in [5.74, 6) is -0.596. The van der Waals surface area contributed by atoms with Crippen molar-refractivity contribution in [2.45, 2.75) is 64.2 Å². The first-order valence-corrected chi connectivity index (χ1v) is 11.7. The number of rotatable bonds is 8. The smallest absolute Gasteiger partial charge is 0.340 e. The van der Waals surface area contributed by atoms with Gasteiger partial charge in [-0.3, -0.25) is 4.98 Å². The van der Waals surface area contributed by atoms with Crippen molar-refractivity contribution in [2.75, 3.05) is 20.3 Å². The Morgan fingerprint density at radius 3 is 2.65 bits per heavy atom. The summed E-state index contributed by atoms with van der Waals surface area (Å²) in [4.78, 5) is 20.6. The average molecular weight is 471 g/mol. The summed E-state index contributed by atoms with van der Waals surface area (Å²) in [6.07, 6.45) is 5.65. The SMILES string of the molecule is COCC1(c2nc(Cc3c(C)cc(OCC4=NOC(=O)C4)c(F)c3C)ccc2O)CCCCC1. The number of oxime groups is 1. The fraction of sp³-hybridized carbons (Fsp3) is 0.500. The van der Waals surface area contributed by atoms with Gasteiger partial charge in [0.15, 0.2) is 11.6 Å². The summed E-state index contributed by atoms with van der Waals surface area (Å²) in [7, 11) is 1.68. The topological polar surface area (TPSA) is 90.2 Å². The summed E-state index contributed by atoms with van der Waals surface area (Å²) in [5, 5.41) is 14.3. The molecule has 1 fully saturated rings. The second-order valence-corrected chi connectivity index (χ2v) is 9.32. The number of carbonyl (C=O) groups excluding carboxylic acids is 1. The molecule has 2 aliphatic rings. The zero-order valence-electron chi connectivity index (χ0n) is 19.9. The number of aromatic hydroxyl groups is 1. The zero-order valence-corrected chi connectivity index (χ0v) is 19.9. The van der Waals surface area contributed by atoms with E-state index in [1.165, 1.54) is 6.42 Å². The van der Waals surface area contributed by atoms with E-state index in [1.54, 1.807) is 32.2 Å². The maximum atomic E-state index is 15.2. The molecule has 7 nitrogen and oxygen atoms in total. The number of ether oxygens (including phenoxy) is 2. The first-order valence-electron chi connectivity index (χ1n) is 11.7. The van der Waals surface area contributed by atoms with E-state index in [4.69, 9.17) is 14.5 Å². The van der Waals surface area contributed by atoms with Gasteiger partial charge in [-0.15, -0.1) is 0 Å². The largest absolute Gasteiger partial charge is 0.506 e. The van der Waals surface area contributed by atoms with Crippen LogP contribution in [-0.2, 0) is 26.2 Å². The Morgan fingerprint density at radius 2 is 1.97 bits per heavy atom. The van der Waals surface area contributed by atoms with Gasteiger partial charge in [0.2, 0.25) is 0 Å². The second kappa shape index (κ2) is 10.1. The fourth-order valence-electron chi connectivity index (χ4n) is 5.04. The third-order valence-electron chi connectivity index (χ3n) is 6.86. The number of halogens is 1. The van der Waals surface area contributed by atoms with Crippen molar-refractivity contribution < 1.29 is 28.6 Å². The Labute approximate surface area is 198 Å². The van der Waals surface area contributed by atoms with Crippen LogP contribution < -0.4 is 4.74 Å². The van der Waals surface area contributed by atoms with Crippen LogP contribution in [-0.4, -0.2) is 42.1 Å². The molecule has 0 radical (unpaired) electrons. The van der Waals surface area contributed by atoms with Crippen LogP contribution in [0.4, 0.5) is 4.39 Å². The van der Waals surface area contributed by atoms with E-state index in [0.717, 1.165) is 42.5 Å². The van der Waals surface area contributed by atoms with Crippen LogP contribution in [0, 0.1) is 19.7 Å². The van der Waals surface area contributed by atoms with E-state index in [9.17, 15) is 9.90 Å². The van der Waals surface area contributed by atoms with Crippen LogP contribution >= 0.6 is 0 Å². The second-order valence-electron chi connectivity index (χ2n) is 9.32. The lowest BCUT2D eigenvalue weighted by molar-refractivity contribution is -0.140. The monoisotopic (exact) mass is 470 g/mol. The molecule has 34 heavy (non-hydrogen) atoms. The van der Waals surface area contributed by atoms with Crippen LogP contribution in [0.25, 0.3) is 0 Å².